The van der Waals surface area contributed by atoms with Gasteiger partial charge in [-0.2, -0.15) is 0 Å². The molecule has 4 heteroatoms. The quantitative estimate of drug-likeness (QED) is 0.896. The van der Waals surface area contributed by atoms with Crippen molar-refractivity contribution in [2.45, 2.75) is 46.1 Å². The van der Waals surface area contributed by atoms with Crippen molar-refractivity contribution in [3.63, 3.8) is 0 Å². The van der Waals surface area contributed by atoms with Gasteiger partial charge in [0.1, 0.15) is 5.82 Å². The molecule has 1 saturated carbocycles. The lowest BCUT2D eigenvalue weighted by molar-refractivity contribution is -0.124. The van der Waals surface area contributed by atoms with Crippen LogP contribution in [-0.2, 0) is 4.79 Å². The highest BCUT2D eigenvalue weighted by atomic mass is 19.1. The van der Waals surface area contributed by atoms with Crippen LogP contribution in [0.5, 0.6) is 0 Å². The molecule has 1 amide bonds. The molecule has 1 aromatic carbocycles. The second-order valence-electron chi connectivity index (χ2n) is 8.23. The van der Waals surface area contributed by atoms with Crippen LogP contribution in [0.4, 0.5) is 4.39 Å². The van der Waals surface area contributed by atoms with Crippen LogP contribution in [0.15, 0.2) is 24.3 Å². The monoisotopic (exact) mass is 318 g/mol. The first-order valence-electron chi connectivity index (χ1n) is 8.58. The Morgan fingerprint density at radius 3 is 2.43 bits per heavy atom. The SMILES string of the molecule is CC(C)(C)[C@H](NC(=O)[C@@H]1CC12CCNCC2)c1ccc(F)cc1. The Kier molecular flexibility index (Phi) is 4.21. The lowest BCUT2D eigenvalue weighted by Crippen LogP contribution is -2.39. The molecule has 1 aliphatic heterocycles. The third-order valence-electron chi connectivity index (χ3n) is 5.46. The largest absolute Gasteiger partial charge is 0.349 e. The highest BCUT2D eigenvalue weighted by Crippen LogP contribution is 2.58. The Bertz CT molecular complexity index is 570. The van der Waals surface area contributed by atoms with Gasteiger partial charge in [-0.15, -0.1) is 0 Å². The smallest absolute Gasteiger partial charge is 0.224 e. The summed E-state index contributed by atoms with van der Waals surface area (Å²) >= 11 is 0. The molecule has 0 radical (unpaired) electrons. The van der Waals surface area contributed by atoms with Crippen molar-refractivity contribution in [2.75, 3.05) is 13.1 Å². The molecule has 3 nitrogen and oxygen atoms in total. The highest BCUT2D eigenvalue weighted by molar-refractivity contribution is 5.83. The fourth-order valence-electron chi connectivity index (χ4n) is 3.89. The van der Waals surface area contributed by atoms with E-state index in [1.165, 1.54) is 12.1 Å². The number of benzene rings is 1. The Morgan fingerprint density at radius 1 is 1.26 bits per heavy atom. The Labute approximate surface area is 138 Å². The second-order valence-corrected chi connectivity index (χ2v) is 8.23. The van der Waals surface area contributed by atoms with Gasteiger partial charge < -0.3 is 10.6 Å². The molecular formula is C19H27FN2O. The third kappa shape index (κ3) is 3.42. The lowest BCUT2D eigenvalue weighted by Gasteiger charge is -2.32. The number of hydrogen-bond donors (Lipinski definition) is 2. The average molecular weight is 318 g/mol. The summed E-state index contributed by atoms with van der Waals surface area (Å²) in [6.07, 6.45) is 3.21. The van der Waals surface area contributed by atoms with Crippen molar-refractivity contribution >= 4 is 5.91 Å². The first-order chi connectivity index (χ1) is 10.8. The standard InChI is InChI=1S/C19H27FN2O/c1-18(2,3)16(13-4-6-14(20)7-5-13)22-17(23)15-12-19(15)8-10-21-11-9-19/h4-7,15-16,21H,8-12H2,1-3H3,(H,22,23)/t15-,16+/m0/s1. The molecule has 1 spiro atoms. The minimum Gasteiger partial charge on any atom is -0.349 e. The predicted molar refractivity (Wildman–Crippen MR) is 89.4 cm³/mol. The van der Waals surface area contributed by atoms with E-state index < -0.39 is 0 Å². The number of piperidine rings is 1. The van der Waals surface area contributed by atoms with E-state index in [2.05, 4.69) is 31.4 Å². The van der Waals surface area contributed by atoms with Crippen molar-refractivity contribution in [3.05, 3.63) is 35.6 Å². The average Bonchev–Trinajstić information content (AvgIpc) is 3.19. The van der Waals surface area contributed by atoms with Crippen LogP contribution in [0.25, 0.3) is 0 Å². The van der Waals surface area contributed by atoms with Crippen LogP contribution >= 0.6 is 0 Å². The minimum atomic E-state index is -0.247. The maximum absolute atomic E-state index is 13.2. The summed E-state index contributed by atoms with van der Waals surface area (Å²) in [5.74, 6) is 0.0645. The Hall–Kier alpha value is -1.42. The summed E-state index contributed by atoms with van der Waals surface area (Å²) in [4.78, 5) is 12.8. The van der Waals surface area contributed by atoms with E-state index >= 15 is 0 Å². The molecule has 1 aromatic rings. The van der Waals surface area contributed by atoms with E-state index in [4.69, 9.17) is 0 Å². The first-order valence-corrected chi connectivity index (χ1v) is 8.58. The number of hydrogen-bond acceptors (Lipinski definition) is 2. The fraction of sp³-hybridized carbons (Fsp3) is 0.632. The molecule has 0 unspecified atom stereocenters. The topological polar surface area (TPSA) is 41.1 Å². The molecule has 2 atom stereocenters. The first kappa shape index (κ1) is 16.4. The van der Waals surface area contributed by atoms with Gasteiger partial charge in [-0.3, -0.25) is 4.79 Å². The zero-order valence-corrected chi connectivity index (χ0v) is 14.3. The van der Waals surface area contributed by atoms with Crippen molar-refractivity contribution in [1.29, 1.82) is 0 Å². The summed E-state index contributed by atoms with van der Waals surface area (Å²) in [7, 11) is 0. The summed E-state index contributed by atoms with van der Waals surface area (Å²) < 4.78 is 13.2. The van der Waals surface area contributed by atoms with Crippen LogP contribution in [0.2, 0.25) is 0 Å². The Morgan fingerprint density at radius 2 is 1.87 bits per heavy atom. The van der Waals surface area contributed by atoms with Gasteiger partial charge in [0.25, 0.3) is 0 Å². The summed E-state index contributed by atoms with van der Waals surface area (Å²) in [6, 6.07) is 6.38. The van der Waals surface area contributed by atoms with Gasteiger partial charge in [0.05, 0.1) is 6.04 Å². The number of nitrogens with one attached hydrogen (secondary N) is 2. The van der Waals surface area contributed by atoms with Crippen molar-refractivity contribution in [1.82, 2.24) is 10.6 Å². The van der Waals surface area contributed by atoms with E-state index in [0.29, 0.717) is 0 Å². The van der Waals surface area contributed by atoms with Crippen molar-refractivity contribution < 1.29 is 9.18 Å². The molecule has 23 heavy (non-hydrogen) atoms. The predicted octanol–water partition coefficient (Wildman–Crippen LogP) is 3.42. The van der Waals surface area contributed by atoms with E-state index in [0.717, 1.165) is 37.9 Å². The van der Waals surface area contributed by atoms with Crippen LogP contribution in [0.1, 0.15) is 51.6 Å². The highest BCUT2D eigenvalue weighted by Gasteiger charge is 2.58. The fourth-order valence-corrected chi connectivity index (χ4v) is 3.89. The van der Waals surface area contributed by atoms with E-state index in [-0.39, 0.29) is 34.5 Å². The zero-order chi connectivity index (χ0) is 16.7. The van der Waals surface area contributed by atoms with Gasteiger partial charge in [0.15, 0.2) is 0 Å². The van der Waals surface area contributed by atoms with Crippen LogP contribution in [0.3, 0.4) is 0 Å². The molecule has 2 aliphatic rings. The molecule has 126 valence electrons. The number of rotatable bonds is 3. The molecule has 0 aromatic heterocycles. The molecule has 3 rings (SSSR count). The van der Waals surface area contributed by atoms with Crippen molar-refractivity contribution in [3.8, 4) is 0 Å². The number of amides is 1. The van der Waals surface area contributed by atoms with Crippen LogP contribution in [0, 0.1) is 22.6 Å². The third-order valence-corrected chi connectivity index (χ3v) is 5.46. The van der Waals surface area contributed by atoms with Gasteiger partial charge in [0, 0.05) is 5.92 Å². The molecule has 2 N–H and O–H groups in total. The summed E-state index contributed by atoms with van der Waals surface area (Å²) in [5.41, 5.74) is 1.08. The molecule has 2 fully saturated rings. The zero-order valence-electron chi connectivity index (χ0n) is 14.3. The molecule has 1 heterocycles. The normalized spacial score (nSPS) is 24.3. The number of halogens is 1. The number of carbonyl (C=O) groups excluding carboxylic acids is 1. The van der Waals surface area contributed by atoms with E-state index in [1.807, 2.05) is 0 Å². The van der Waals surface area contributed by atoms with Crippen LogP contribution in [-0.4, -0.2) is 19.0 Å². The van der Waals surface area contributed by atoms with Gasteiger partial charge in [-0.05, 0) is 60.9 Å². The molecular weight excluding hydrogens is 291 g/mol. The number of carbonyl (C=O) groups is 1. The van der Waals surface area contributed by atoms with E-state index in [1.54, 1.807) is 12.1 Å². The van der Waals surface area contributed by atoms with Gasteiger partial charge in [-0.25, -0.2) is 4.39 Å². The van der Waals surface area contributed by atoms with E-state index in [9.17, 15) is 9.18 Å². The van der Waals surface area contributed by atoms with Gasteiger partial charge in [0.2, 0.25) is 5.91 Å². The Balaban J connectivity index is 1.72. The summed E-state index contributed by atoms with van der Waals surface area (Å²) in [6.45, 7) is 8.35. The molecule has 0 bridgehead atoms. The molecule has 1 saturated heterocycles. The van der Waals surface area contributed by atoms with Gasteiger partial charge >= 0.3 is 0 Å². The second kappa shape index (κ2) is 5.90. The molecule has 1 aliphatic carbocycles. The van der Waals surface area contributed by atoms with Crippen molar-refractivity contribution in [2.24, 2.45) is 16.7 Å². The van der Waals surface area contributed by atoms with Crippen LogP contribution < -0.4 is 10.6 Å². The van der Waals surface area contributed by atoms with Gasteiger partial charge in [-0.1, -0.05) is 32.9 Å². The maximum atomic E-state index is 13.2. The summed E-state index contributed by atoms with van der Waals surface area (Å²) in [5, 5.41) is 6.61. The lowest BCUT2D eigenvalue weighted by atomic mass is 9.82. The minimum absolute atomic E-state index is 0.102. The maximum Gasteiger partial charge on any atom is 0.224 e.